The Labute approximate surface area is 261 Å². The molecule has 12 heteroatoms. The molecule has 4 aromatic rings. The first-order valence-electron chi connectivity index (χ1n) is 13.2. The minimum atomic E-state index is -4.62. The summed E-state index contributed by atoms with van der Waals surface area (Å²) >= 11 is 0. The average Bonchev–Trinajstić information content (AvgIpc) is 3.33. The van der Waals surface area contributed by atoms with Crippen molar-refractivity contribution in [2.24, 2.45) is 5.92 Å². The van der Waals surface area contributed by atoms with Crippen LogP contribution in [-0.2, 0) is 17.5 Å². The molecule has 0 spiro atoms. The molecule has 2 atom stereocenters. The Bertz CT molecular complexity index is 1580. The van der Waals surface area contributed by atoms with E-state index in [1.54, 1.807) is 28.8 Å². The van der Waals surface area contributed by atoms with Gasteiger partial charge >= 0.3 is 6.18 Å². The van der Waals surface area contributed by atoms with Crippen LogP contribution in [0.15, 0.2) is 78.9 Å². The highest BCUT2D eigenvalue weighted by atomic mass is 32.1. The van der Waals surface area contributed by atoms with Gasteiger partial charge in [-0.1, -0.05) is 42.5 Å². The summed E-state index contributed by atoms with van der Waals surface area (Å²) in [6.45, 7) is 2.43. The molecular formula is C31H32F4N4O2S2. The number of alkyl halides is 3. The second kappa shape index (κ2) is 13.8. The lowest BCUT2D eigenvalue weighted by Crippen LogP contribution is -2.45. The van der Waals surface area contributed by atoms with Crippen LogP contribution in [0.4, 0.5) is 23.4 Å². The van der Waals surface area contributed by atoms with Crippen molar-refractivity contribution in [3.8, 4) is 5.69 Å². The van der Waals surface area contributed by atoms with Crippen LogP contribution in [-0.4, -0.2) is 35.1 Å². The molecule has 1 amide bonds. The van der Waals surface area contributed by atoms with Crippen molar-refractivity contribution in [2.45, 2.75) is 32.0 Å². The van der Waals surface area contributed by atoms with Gasteiger partial charge in [0.05, 0.1) is 22.9 Å². The van der Waals surface area contributed by atoms with Gasteiger partial charge in [-0.2, -0.15) is 45.3 Å². The fourth-order valence-corrected chi connectivity index (χ4v) is 5.51. The quantitative estimate of drug-likeness (QED) is 0.181. The van der Waals surface area contributed by atoms with Gasteiger partial charge in [0.1, 0.15) is 11.6 Å². The number of nitrogens with zero attached hydrogens (tertiary/aromatic N) is 3. The predicted octanol–water partition coefficient (Wildman–Crippen LogP) is 6.36. The van der Waals surface area contributed by atoms with E-state index in [0.29, 0.717) is 29.2 Å². The fraction of sp³-hybridized carbons (Fsp3) is 0.258. The Hall–Kier alpha value is -3.61. The highest BCUT2D eigenvalue weighted by Gasteiger charge is 2.46. The number of halogens is 4. The van der Waals surface area contributed by atoms with Gasteiger partial charge in [0.15, 0.2) is 5.78 Å². The molecule has 228 valence electrons. The molecule has 1 aliphatic rings. The number of hydrogen-bond acceptors (Lipinski definition) is 4. The third-order valence-electron chi connectivity index (χ3n) is 7.33. The molecule has 6 nitrogen and oxygen atoms in total. The number of ketones is 1. The maximum Gasteiger partial charge on any atom is 0.416 e. The van der Waals surface area contributed by atoms with Crippen molar-refractivity contribution in [2.75, 3.05) is 18.5 Å². The lowest BCUT2D eigenvalue weighted by Gasteiger charge is -2.38. The average molecular weight is 633 g/mol. The third kappa shape index (κ3) is 6.66. The molecule has 0 aliphatic carbocycles. The smallest absolute Gasteiger partial charge is 0.314 e. The predicted molar refractivity (Wildman–Crippen MR) is 167 cm³/mol. The minimum Gasteiger partial charge on any atom is -0.314 e. The van der Waals surface area contributed by atoms with Crippen LogP contribution in [0.5, 0.6) is 0 Å². The Balaban J connectivity index is 0.00000253. The van der Waals surface area contributed by atoms with Crippen LogP contribution in [0, 0.1) is 11.7 Å². The summed E-state index contributed by atoms with van der Waals surface area (Å²) in [5.74, 6) is -2.52. The molecule has 3 aromatic carbocycles. The molecule has 1 aliphatic heterocycles. The van der Waals surface area contributed by atoms with Crippen molar-refractivity contribution in [1.29, 1.82) is 0 Å². The first kappa shape index (κ1) is 33.9. The minimum absolute atomic E-state index is 0. The first-order chi connectivity index (χ1) is 19.6. The van der Waals surface area contributed by atoms with E-state index in [2.05, 4.69) is 5.32 Å². The van der Waals surface area contributed by atoms with Crippen molar-refractivity contribution in [3.63, 3.8) is 0 Å². The Morgan fingerprint density at radius 3 is 2.26 bits per heavy atom. The normalized spacial score (nSPS) is 16.2. The molecule has 0 radical (unpaired) electrons. The van der Waals surface area contributed by atoms with Crippen LogP contribution in [0.25, 0.3) is 5.69 Å². The van der Waals surface area contributed by atoms with E-state index < -0.39 is 35.2 Å². The molecule has 0 bridgehead atoms. The van der Waals surface area contributed by atoms with E-state index in [1.165, 1.54) is 24.3 Å². The summed E-state index contributed by atoms with van der Waals surface area (Å²) in [7, 11) is 1.76. The van der Waals surface area contributed by atoms with Gasteiger partial charge in [-0.15, -0.1) is 0 Å². The zero-order valence-electron chi connectivity index (χ0n) is 23.5. The molecule has 0 saturated heterocycles. The number of anilines is 1. The monoisotopic (exact) mass is 632 g/mol. The van der Waals surface area contributed by atoms with E-state index in [-0.39, 0.29) is 51.4 Å². The number of rotatable bonds is 8. The molecule has 2 heterocycles. The van der Waals surface area contributed by atoms with E-state index >= 15 is 0 Å². The van der Waals surface area contributed by atoms with E-state index in [0.717, 1.165) is 17.8 Å². The van der Waals surface area contributed by atoms with Gasteiger partial charge in [0, 0.05) is 36.6 Å². The number of aromatic nitrogens is 2. The second-order valence-electron chi connectivity index (χ2n) is 9.89. The maximum absolute atomic E-state index is 14.2. The van der Waals surface area contributed by atoms with E-state index in [4.69, 9.17) is 5.10 Å². The van der Waals surface area contributed by atoms with Gasteiger partial charge in [0.2, 0.25) is 5.91 Å². The summed E-state index contributed by atoms with van der Waals surface area (Å²) in [4.78, 5) is 29.2. The van der Waals surface area contributed by atoms with Gasteiger partial charge in [-0.3, -0.25) is 14.5 Å². The Kier molecular flexibility index (Phi) is 10.9. The van der Waals surface area contributed by atoms with Crippen molar-refractivity contribution >= 4 is 44.5 Å². The van der Waals surface area contributed by atoms with Gasteiger partial charge in [0.25, 0.3) is 0 Å². The number of carbonyl (C=O) groups is 2. The number of para-hydroxylation sites is 1. The van der Waals surface area contributed by atoms with Crippen LogP contribution >= 0.6 is 27.0 Å². The summed E-state index contributed by atoms with van der Waals surface area (Å²) < 4.78 is 55.8. The zero-order valence-corrected chi connectivity index (χ0v) is 25.5. The summed E-state index contributed by atoms with van der Waals surface area (Å²) in [6, 6.07) is 19.3. The highest BCUT2D eigenvalue weighted by molar-refractivity contribution is 7.59. The molecule has 43 heavy (non-hydrogen) atoms. The van der Waals surface area contributed by atoms with Crippen LogP contribution in [0.3, 0.4) is 0 Å². The molecule has 0 fully saturated rings. The molecule has 5 rings (SSSR count). The van der Waals surface area contributed by atoms with Gasteiger partial charge < -0.3 is 5.32 Å². The third-order valence-corrected chi connectivity index (χ3v) is 7.33. The van der Waals surface area contributed by atoms with Gasteiger partial charge in [-0.05, 0) is 55.9 Å². The molecule has 0 unspecified atom stereocenters. The Morgan fingerprint density at radius 2 is 1.65 bits per heavy atom. The lowest BCUT2D eigenvalue weighted by molar-refractivity contribution is -0.137. The number of nitrogens with one attached hydrogen (secondary N) is 1. The summed E-state index contributed by atoms with van der Waals surface area (Å²) in [6.07, 6.45) is -4.96. The topological polar surface area (TPSA) is 67.2 Å². The number of fused-ring (bicyclic) bond motifs is 1. The zero-order chi connectivity index (χ0) is 29.3. The molecule has 1 aromatic heterocycles. The number of carbonyl (C=O) groups excluding carboxylic acids is 2. The van der Waals surface area contributed by atoms with Crippen LogP contribution in [0.2, 0.25) is 0 Å². The number of Topliss-reactive ketones (excluding diaryl/α,β-unsaturated/α-hetero) is 1. The number of benzene rings is 3. The van der Waals surface area contributed by atoms with Gasteiger partial charge in [-0.25, -0.2) is 9.07 Å². The lowest BCUT2D eigenvalue weighted by atomic mass is 9.74. The molecule has 0 saturated carbocycles. The van der Waals surface area contributed by atoms with E-state index in [1.807, 2.05) is 37.3 Å². The highest BCUT2D eigenvalue weighted by Crippen LogP contribution is 2.47. The fourth-order valence-electron chi connectivity index (χ4n) is 5.51. The van der Waals surface area contributed by atoms with E-state index in [9.17, 15) is 27.2 Å². The van der Waals surface area contributed by atoms with Crippen LogP contribution < -0.4 is 10.2 Å². The summed E-state index contributed by atoms with van der Waals surface area (Å²) in [5, 5.41) is 7.98. The summed E-state index contributed by atoms with van der Waals surface area (Å²) in [5.41, 5.74) is 1.61. The standard InChI is InChI=1S/C31H28F4N4O2.2H2S/c1-3-38-29-28(25(18-36-2)37-39(29)23-10-5-4-6-11-23)27(19-12-14-22(32)15-13-19)24(30(38)41)17-26(40)20-8-7-9-21(16-20)31(33,34)35;;/h4-16,24,27,36H,3,17-18H2,1-2H3;2*1H2/t24-,27+;;/m0../s1. The van der Waals surface area contributed by atoms with Crippen molar-refractivity contribution in [1.82, 2.24) is 15.1 Å². The number of hydrogen-bond donors (Lipinski definition) is 1. The Morgan fingerprint density at radius 1 is 0.977 bits per heavy atom. The first-order valence-corrected chi connectivity index (χ1v) is 13.2. The molecular weight excluding hydrogens is 600 g/mol. The SMILES string of the molecule is CCN1C(=O)[C@@H](CC(=O)c2cccc(C(F)(F)F)c2)[C@@H](c2ccc(F)cc2)c2c(CNC)nn(-c3ccccc3)c21.S.S. The van der Waals surface area contributed by atoms with Crippen molar-refractivity contribution < 1.29 is 27.2 Å². The van der Waals surface area contributed by atoms with Crippen LogP contribution in [0.1, 0.15) is 52.0 Å². The second-order valence-corrected chi connectivity index (χ2v) is 9.89. The maximum atomic E-state index is 14.2. The number of amides is 1. The van der Waals surface area contributed by atoms with Crippen molar-refractivity contribution in [3.05, 3.63) is 113 Å². The molecule has 1 N–H and O–H groups in total. The largest absolute Gasteiger partial charge is 0.416 e.